The Kier molecular flexibility index (Phi) is 3.97. The van der Waals surface area contributed by atoms with E-state index in [1.165, 1.54) is 5.56 Å². The molecule has 0 aliphatic rings. The molecule has 0 spiro atoms. The zero-order chi connectivity index (χ0) is 8.81. The molecule has 0 bridgehead atoms. The lowest BCUT2D eigenvalue weighted by atomic mass is 10.2. The number of benzene rings is 1. The SMILES string of the molecule is COc1ccc(CSCN)cc1. The van der Waals surface area contributed by atoms with Gasteiger partial charge in [-0.2, -0.15) is 0 Å². The predicted octanol–water partition coefficient (Wildman–Crippen LogP) is 1.84. The third-order valence-corrected chi connectivity index (χ3v) is 2.32. The molecule has 0 fully saturated rings. The summed E-state index contributed by atoms with van der Waals surface area (Å²) in [6, 6.07) is 8.04. The van der Waals surface area contributed by atoms with Crippen LogP contribution in [0.25, 0.3) is 0 Å². The van der Waals surface area contributed by atoms with Gasteiger partial charge in [-0.1, -0.05) is 12.1 Å². The first kappa shape index (κ1) is 9.42. The monoisotopic (exact) mass is 183 g/mol. The molecule has 3 heteroatoms. The number of methoxy groups -OCH3 is 1. The van der Waals surface area contributed by atoms with Gasteiger partial charge in [0.05, 0.1) is 7.11 Å². The molecule has 0 amide bonds. The normalized spacial score (nSPS) is 9.83. The molecule has 0 aliphatic heterocycles. The second-order valence-electron chi connectivity index (χ2n) is 2.36. The van der Waals surface area contributed by atoms with Gasteiger partial charge < -0.3 is 10.5 Å². The summed E-state index contributed by atoms with van der Waals surface area (Å²) in [5.74, 6) is 2.54. The Labute approximate surface area is 77.1 Å². The van der Waals surface area contributed by atoms with Crippen LogP contribution in [0.3, 0.4) is 0 Å². The van der Waals surface area contributed by atoms with E-state index in [1.807, 2.05) is 12.1 Å². The fourth-order valence-electron chi connectivity index (χ4n) is 0.899. The van der Waals surface area contributed by atoms with E-state index in [2.05, 4.69) is 12.1 Å². The average Bonchev–Trinajstić information content (AvgIpc) is 2.15. The zero-order valence-corrected chi connectivity index (χ0v) is 7.93. The van der Waals surface area contributed by atoms with Crippen LogP contribution in [-0.4, -0.2) is 13.0 Å². The van der Waals surface area contributed by atoms with E-state index in [-0.39, 0.29) is 0 Å². The van der Waals surface area contributed by atoms with Crippen molar-refractivity contribution in [1.82, 2.24) is 0 Å². The highest BCUT2D eigenvalue weighted by molar-refractivity contribution is 7.98. The summed E-state index contributed by atoms with van der Waals surface area (Å²) in [5.41, 5.74) is 6.65. The van der Waals surface area contributed by atoms with Crippen molar-refractivity contribution in [2.75, 3.05) is 13.0 Å². The maximum absolute atomic E-state index is 5.37. The van der Waals surface area contributed by atoms with Crippen molar-refractivity contribution >= 4 is 11.8 Å². The minimum atomic E-state index is 0.673. The minimum absolute atomic E-state index is 0.673. The van der Waals surface area contributed by atoms with Crippen molar-refractivity contribution in [2.45, 2.75) is 5.75 Å². The van der Waals surface area contributed by atoms with E-state index >= 15 is 0 Å². The lowest BCUT2D eigenvalue weighted by Crippen LogP contribution is -1.93. The van der Waals surface area contributed by atoms with Gasteiger partial charge >= 0.3 is 0 Å². The van der Waals surface area contributed by atoms with Crippen molar-refractivity contribution in [3.8, 4) is 5.75 Å². The van der Waals surface area contributed by atoms with Crippen LogP contribution >= 0.6 is 11.8 Å². The smallest absolute Gasteiger partial charge is 0.118 e. The molecule has 0 aliphatic carbocycles. The Hall–Kier alpha value is -0.670. The quantitative estimate of drug-likeness (QED) is 0.723. The average molecular weight is 183 g/mol. The lowest BCUT2D eigenvalue weighted by Gasteiger charge is -2.01. The number of hydrogen-bond donors (Lipinski definition) is 1. The van der Waals surface area contributed by atoms with E-state index in [0.29, 0.717) is 5.88 Å². The van der Waals surface area contributed by atoms with E-state index in [1.54, 1.807) is 18.9 Å². The highest BCUT2D eigenvalue weighted by Crippen LogP contribution is 2.15. The van der Waals surface area contributed by atoms with Gasteiger partial charge in [0.1, 0.15) is 5.75 Å². The van der Waals surface area contributed by atoms with Gasteiger partial charge in [0.15, 0.2) is 0 Å². The zero-order valence-electron chi connectivity index (χ0n) is 7.12. The van der Waals surface area contributed by atoms with Gasteiger partial charge in [-0.05, 0) is 17.7 Å². The van der Waals surface area contributed by atoms with Crippen LogP contribution in [0, 0.1) is 0 Å². The lowest BCUT2D eigenvalue weighted by molar-refractivity contribution is 0.414. The summed E-state index contributed by atoms with van der Waals surface area (Å²) < 4.78 is 5.04. The van der Waals surface area contributed by atoms with Crippen LogP contribution in [0.2, 0.25) is 0 Å². The van der Waals surface area contributed by atoms with Crippen molar-refractivity contribution in [3.05, 3.63) is 29.8 Å². The van der Waals surface area contributed by atoms with Gasteiger partial charge in [0.25, 0.3) is 0 Å². The second-order valence-corrected chi connectivity index (χ2v) is 3.39. The molecule has 66 valence electrons. The molecular weight excluding hydrogens is 170 g/mol. The summed E-state index contributed by atoms with van der Waals surface area (Å²) in [6.45, 7) is 0. The van der Waals surface area contributed by atoms with Gasteiger partial charge in [-0.25, -0.2) is 0 Å². The third kappa shape index (κ3) is 2.75. The van der Waals surface area contributed by atoms with Crippen molar-refractivity contribution in [1.29, 1.82) is 0 Å². The van der Waals surface area contributed by atoms with Gasteiger partial charge in [0, 0.05) is 11.6 Å². The highest BCUT2D eigenvalue weighted by Gasteiger charge is 1.92. The Morgan fingerprint density at radius 1 is 1.33 bits per heavy atom. The molecule has 1 aromatic carbocycles. The number of hydrogen-bond acceptors (Lipinski definition) is 3. The summed E-state index contributed by atoms with van der Waals surface area (Å²) in [4.78, 5) is 0. The topological polar surface area (TPSA) is 35.2 Å². The fourth-order valence-corrected chi connectivity index (χ4v) is 1.44. The van der Waals surface area contributed by atoms with Crippen molar-refractivity contribution in [2.24, 2.45) is 5.73 Å². The molecule has 0 aromatic heterocycles. The van der Waals surface area contributed by atoms with E-state index in [4.69, 9.17) is 10.5 Å². The molecule has 12 heavy (non-hydrogen) atoms. The Bertz CT molecular complexity index is 222. The molecule has 0 atom stereocenters. The van der Waals surface area contributed by atoms with Crippen LogP contribution in [0.1, 0.15) is 5.56 Å². The van der Waals surface area contributed by atoms with Gasteiger partial charge in [-0.3, -0.25) is 0 Å². The van der Waals surface area contributed by atoms with Crippen LogP contribution in [0.15, 0.2) is 24.3 Å². The second kappa shape index (κ2) is 5.06. The number of thioether (sulfide) groups is 1. The summed E-state index contributed by atoms with van der Waals surface area (Å²) in [7, 11) is 1.67. The first-order valence-electron chi connectivity index (χ1n) is 3.77. The highest BCUT2D eigenvalue weighted by atomic mass is 32.2. The summed E-state index contributed by atoms with van der Waals surface area (Å²) in [6.07, 6.45) is 0. The maximum Gasteiger partial charge on any atom is 0.118 e. The maximum atomic E-state index is 5.37. The first-order valence-corrected chi connectivity index (χ1v) is 4.93. The number of ether oxygens (including phenoxy) is 1. The molecule has 0 saturated carbocycles. The molecule has 0 saturated heterocycles. The first-order chi connectivity index (χ1) is 5.86. The predicted molar refractivity (Wildman–Crippen MR) is 53.3 cm³/mol. The van der Waals surface area contributed by atoms with Crippen LogP contribution < -0.4 is 10.5 Å². The molecular formula is C9H13NOS. The Morgan fingerprint density at radius 3 is 2.50 bits per heavy atom. The van der Waals surface area contributed by atoms with Gasteiger partial charge in [0.2, 0.25) is 0 Å². The van der Waals surface area contributed by atoms with E-state index in [0.717, 1.165) is 11.5 Å². The van der Waals surface area contributed by atoms with Crippen LogP contribution in [0.4, 0.5) is 0 Å². The summed E-state index contributed by atoms with van der Waals surface area (Å²) in [5, 5.41) is 0. The molecule has 1 aromatic rings. The van der Waals surface area contributed by atoms with Crippen LogP contribution in [-0.2, 0) is 5.75 Å². The van der Waals surface area contributed by atoms with Crippen molar-refractivity contribution < 1.29 is 4.74 Å². The minimum Gasteiger partial charge on any atom is -0.497 e. The largest absolute Gasteiger partial charge is 0.497 e. The van der Waals surface area contributed by atoms with Crippen LogP contribution in [0.5, 0.6) is 5.75 Å². The van der Waals surface area contributed by atoms with E-state index < -0.39 is 0 Å². The molecule has 0 heterocycles. The third-order valence-electron chi connectivity index (χ3n) is 1.55. The van der Waals surface area contributed by atoms with E-state index in [9.17, 15) is 0 Å². The number of rotatable bonds is 4. The fraction of sp³-hybridized carbons (Fsp3) is 0.333. The van der Waals surface area contributed by atoms with Crippen molar-refractivity contribution in [3.63, 3.8) is 0 Å². The molecule has 0 radical (unpaired) electrons. The van der Waals surface area contributed by atoms with Gasteiger partial charge in [-0.15, -0.1) is 11.8 Å². The molecule has 1 rings (SSSR count). The molecule has 0 unspecified atom stereocenters. The Morgan fingerprint density at radius 2 is 2.00 bits per heavy atom. The molecule has 2 nitrogen and oxygen atoms in total. The standard InChI is InChI=1S/C9H13NOS/c1-11-9-4-2-8(3-5-9)6-12-7-10/h2-5H,6-7,10H2,1H3. The number of nitrogens with two attached hydrogens (primary N) is 1. The Balaban J connectivity index is 2.53. The summed E-state index contributed by atoms with van der Waals surface area (Å²) >= 11 is 1.71. The molecule has 2 N–H and O–H groups in total.